The van der Waals surface area contributed by atoms with E-state index in [1.807, 2.05) is 0 Å². The highest BCUT2D eigenvalue weighted by Gasteiger charge is 2.07. The molecule has 0 aliphatic rings. The van der Waals surface area contributed by atoms with Gasteiger partial charge in [0.1, 0.15) is 5.82 Å². The minimum atomic E-state index is -0.394. The highest BCUT2D eigenvalue weighted by molar-refractivity contribution is 7.80. The number of thiocarbonyl (C=S) groups is 1. The molecule has 1 aromatic rings. The van der Waals surface area contributed by atoms with Crippen molar-refractivity contribution in [2.45, 2.75) is 84.0 Å². The Labute approximate surface area is 163 Å². The van der Waals surface area contributed by atoms with E-state index >= 15 is 0 Å². The molecule has 26 heavy (non-hydrogen) atoms. The molecule has 1 aromatic carbocycles. The fraction of sp³-hybridized carbons (Fsp3) is 0.619. The summed E-state index contributed by atoms with van der Waals surface area (Å²) in [5, 5.41) is 5.46. The Morgan fingerprint density at radius 2 is 1.46 bits per heavy atom. The quantitative estimate of drug-likeness (QED) is 0.310. The summed E-state index contributed by atoms with van der Waals surface area (Å²) < 4.78 is 13.5. The first kappa shape index (κ1) is 22.6. The van der Waals surface area contributed by atoms with E-state index in [1.54, 1.807) is 18.2 Å². The van der Waals surface area contributed by atoms with Gasteiger partial charge in [0.05, 0.1) is 5.69 Å². The monoisotopic (exact) mass is 380 g/mol. The maximum Gasteiger partial charge on any atom is 0.226 e. The summed E-state index contributed by atoms with van der Waals surface area (Å²) in [6.45, 7) is 2.24. The summed E-state index contributed by atoms with van der Waals surface area (Å²) >= 11 is 5.05. The lowest BCUT2D eigenvalue weighted by molar-refractivity contribution is -0.119. The van der Waals surface area contributed by atoms with Gasteiger partial charge in [0.2, 0.25) is 5.91 Å². The van der Waals surface area contributed by atoms with Crippen LogP contribution in [0.5, 0.6) is 0 Å². The molecule has 1 amide bonds. The van der Waals surface area contributed by atoms with Gasteiger partial charge in [0.25, 0.3) is 0 Å². The number of anilines is 1. The lowest BCUT2D eigenvalue weighted by Gasteiger charge is -2.10. The number of carbonyl (C=O) groups excluding carboxylic acids is 1. The topological polar surface area (TPSA) is 41.1 Å². The van der Waals surface area contributed by atoms with Crippen molar-refractivity contribution in [1.82, 2.24) is 5.32 Å². The second-order valence-corrected chi connectivity index (χ2v) is 7.18. The van der Waals surface area contributed by atoms with E-state index in [9.17, 15) is 9.18 Å². The number of hydrogen-bond donors (Lipinski definition) is 2. The van der Waals surface area contributed by atoms with Gasteiger partial charge in [-0.2, -0.15) is 0 Å². The van der Waals surface area contributed by atoms with Crippen LogP contribution in [0.25, 0.3) is 0 Å². The fourth-order valence-electron chi connectivity index (χ4n) is 2.86. The minimum Gasteiger partial charge on any atom is -0.330 e. The highest BCUT2D eigenvalue weighted by atomic mass is 32.1. The molecule has 3 nitrogen and oxygen atoms in total. The van der Waals surface area contributed by atoms with Crippen molar-refractivity contribution in [1.29, 1.82) is 0 Å². The van der Waals surface area contributed by atoms with Crippen molar-refractivity contribution in [2.75, 3.05) is 5.32 Å². The van der Waals surface area contributed by atoms with E-state index in [4.69, 9.17) is 12.2 Å². The molecule has 5 heteroatoms. The lowest BCUT2D eigenvalue weighted by atomic mass is 10.1. The van der Waals surface area contributed by atoms with Crippen molar-refractivity contribution < 1.29 is 9.18 Å². The van der Waals surface area contributed by atoms with Crippen LogP contribution in [0.4, 0.5) is 10.1 Å². The Kier molecular flexibility index (Phi) is 12.7. The number of carbonyl (C=O) groups is 1. The lowest BCUT2D eigenvalue weighted by Crippen LogP contribution is -2.34. The van der Waals surface area contributed by atoms with Crippen molar-refractivity contribution in [3.8, 4) is 0 Å². The Bertz CT molecular complexity index is 536. The van der Waals surface area contributed by atoms with E-state index < -0.39 is 5.82 Å². The summed E-state index contributed by atoms with van der Waals surface area (Å²) in [4.78, 5) is 11.9. The third-order valence-corrected chi connectivity index (χ3v) is 4.59. The van der Waals surface area contributed by atoms with Crippen LogP contribution in [-0.2, 0) is 4.79 Å². The molecular formula is C21H33FN2OS. The fourth-order valence-corrected chi connectivity index (χ4v) is 3.08. The number of amides is 1. The van der Waals surface area contributed by atoms with Crippen LogP contribution in [0.3, 0.4) is 0 Å². The molecule has 0 saturated carbocycles. The molecule has 1 rings (SSSR count). The van der Waals surface area contributed by atoms with Crippen LogP contribution in [0, 0.1) is 5.82 Å². The molecular weight excluding hydrogens is 347 g/mol. The predicted octanol–water partition coefficient (Wildman–Crippen LogP) is 6.34. The molecule has 0 heterocycles. The molecule has 0 fully saturated rings. The first-order valence-corrected chi connectivity index (χ1v) is 10.4. The summed E-state index contributed by atoms with van der Waals surface area (Å²) in [6, 6.07) is 6.24. The number of para-hydroxylation sites is 1. The average molecular weight is 381 g/mol. The Balaban J connectivity index is 1.98. The molecule has 0 aliphatic carbocycles. The maximum absolute atomic E-state index is 13.5. The Hall–Kier alpha value is -1.49. The van der Waals surface area contributed by atoms with Crippen LogP contribution < -0.4 is 10.6 Å². The van der Waals surface area contributed by atoms with Crippen LogP contribution >= 0.6 is 12.2 Å². The maximum atomic E-state index is 13.5. The third-order valence-electron chi connectivity index (χ3n) is 4.38. The van der Waals surface area contributed by atoms with Crippen molar-refractivity contribution in [2.24, 2.45) is 0 Å². The van der Waals surface area contributed by atoms with Gasteiger partial charge in [0.15, 0.2) is 5.11 Å². The van der Waals surface area contributed by atoms with Gasteiger partial charge in [-0.25, -0.2) is 4.39 Å². The number of hydrogen-bond acceptors (Lipinski definition) is 2. The van der Waals surface area contributed by atoms with Crippen LogP contribution in [0.2, 0.25) is 0 Å². The molecule has 0 unspecified atom stereocenters. The predicted molar refractivity (Wildman–Crippen MR) is 112 cm³/mol. The van der Waals surface area contributed by atoms with E-state index in [-0.39, 0.29) is 16.7 Å². The standard InChI is InChI=1S/C21H33FN2OS/c1-2-3-4-5-6-7-8-9-10-11-12-17-20(25)24-21(26)23-19-16-14-13-15-18(19)22/h13-16H,2-12,17H2,1H3,(H2,23,24,25,26). The van der Waals surface area contributed by atoms with E-state index in [2.05, 4.69) is 17.6 Å². The number of rotatable bonds is 13. The van der Waals surface area contributed by atoms with Gasteiger partial charge < -0.3 is 10.6 Å². The zero-order valence-electron chi connectivity index (χ0n) is 16.0. The number of unbranched alkanes of at least 4 members (excludes halogenated alkanes) is 10. The normalized spacial score (nSPS) is 10.5. The molecule has 0 saturated heterocycles. The molecule has 0 radical (unpaired) electrons. The second-order valence-electron chi connectivity index (χ2n) is 6.77. The first-order chi connectivity index (χ1) is 12.6. The Morgan fingerprint density at radius 3 is 2.04 bits per heavy atom. The Morgan fingerprint density at radius 1 is 0.923 bits per heavy atom. The van der Waals surface area contributed by atoms with Crippen molar-refractivity contribution >= 4 is 28.9 Å². The summed E-state index contributed by atoms with van der Waals surface area (Å²) in [5.41, 5.74) is 0.271. The smallest absolute Gasteiger partial charge is 0.226 e. The van der Waals surface area contributed by atoms with Gasteiger partial charge in [-0.05, 0) is 30.8 Å². The molecule has 146 valence electrons. The highest BCUT2D eigenvalue weighted by Crippen LogP contribution is 2.13. The molecule has 0 aliphatic heterocycles. The van der Waals surface area contributed by atoms with Gasteiger partial charge in [-0.3, -0.25) is 4.79 Å². The second kappa shape index (κ2) is 14.7. The van der Waals surface area contributed by atoms with Crippen molar-refractivity contribution in [3.63, 3.8) is 0 Å². The largest absolute Gasteiger partial charge is 0.330 e. The van der Waals surface area contributed by atoms with Crippen LogP contribution in [0.15, 0.2) is 24.3 Å². The van der Waals surface area contributed by atoms with Crippen molar-refractivity contribution in [3.05, 3.63) is 30.1 Å². The zero-order valence-corrected chi connectivity index (χ0v) is 16.8. The van der Waals surface area contributed by atoms with E-state index in [0.717, 1.165) is 12.8 Å². The van der Waals surface area contributed by atoms with Gasteiger partial charge in [-0.15, -0.1) is 0 Å². The molecule has 2 N–H and O–H groups in total. The SMILES string of the molecule is CCCCCCCCCCCCCC(=O)NC(=S)Nc1ccccc1F. The molecule has 0 bridgehead atoms. The summed E-state index contributed by atoms with van der Waals surface area (Å²) in [7, 11) is 0. The summed E-state index contributed by atoms with van der Waals surface area (Å²) in [6.07, 6.45) is 14.2. The zero-order chi connectivity index (χ0) is 19.0. The molecule has 0 aromatic heterocycles. The van der Waals surface area contributed by atoms with Crippen LogP contribution in [-0.4, -0.2) is 11.0 Å². The summed E-state index contributed by atoms with van der Waals surface area (Å²) in [5.74, 6) is -0.510. The third kappa shape index (κ3) is 11.2. The first-order valence-electron chi connectivity index (χ1n) is 9.99. The number of benzene rings is 1. The van der Waals surface area contributed by atoms with E-state index in [0.29, 0.717) is 6.42 Å². The van der Waals surface area contributed by atoms with Gasteiger partial charge in [-0.1, -0.05) is 83.3 Å². The van der Waals surface area contributed by atoms with Crippen LogP contribution in [0.1, 0.15) is 84.0 Å². The minimum absolute atomic E-state index is 0.116. The molecule has 0 atom stereocenters. The van der Waals surface area contributed by atoms with Gasteiger partial charge in [0, 0.05) is 6.42 Å². The van der Waals surface area contributed by atoms with E-state index in [1.165, 1.54) is 63.9 Å². The number of halogens is 1. The van der Waals surface area contributed by atoms with Gasteiger partial charge >= 0.3 is 0 Å². The number of nitrogens with one attached hydrogen (secondary N) is 2. The average Bonchev–Trinajstić information content (AvgIpc) is 2.61. The molecule has 0 spiro atoms.